The first-order chi connectivity index (χ1) is 6.57. The molecule has 0 saturated carbocycles. The molecule has 14 heavy (non-hydrogen) atoms. The number of hydrogen-bond acceptors (Lipinski definition) is 2. The molecule has 0 saturated heterocycles. The summed E-state index contributed by atoms with van der Waals surface area (Å²) in [4.78, 5) is 8.15. The third-order valence-electron chi connectivity index (χ3n) is 1.17. The van der Waals surface area contributed by atoms with E-state index in [0.717, 1.165) is 5.75 Å². The van der Waals surface area contributed by atoms with Crippen LogP contribution in [0.25, 0.3) is 0 Å². The number of benzene rings is 1. The van der Waals surface area contributed by atoms with Gasteiger partial charge >= 0.3 is 5.97 Å². The molecule has 3 nitrogen and oxygen atoms in total. The topological polar surface area (TPSA) is 46.5 Å². The van der Waals surface area contributed by atoms with Crippen molar-refractivity contribution < 1.29 is 14.6 Å². The molecule has 1 rings (SSSR count). The number of carboxylic acids is 1. The molecule has 0 spiro atoms. The van der Waals surface area contributed by atoms with Gasteiger partial charge in [-0.25, -0.2) is 4.79 Å². The largest absolute Gasteiger partial charge is 0.497 e. The molecule has 0 atom stereocenters. The SMILES string of the molecule is COc1ccccc1.O=C(O)C(Cl)Cl. The van der Waals surface area contributed by atoms with Gasteiger partial charge in [0.25, 0.3) is 0 Å². The molecule has 78 valence electrons. The average Bonchev–Trinajstić information content (AvgIpc) is 2.20. The Morgan fingerprint density at radius 2 is 1.79 bits per heavy atom. The van der Waals surface area contributed by atoms with Crippen molar-refractivity contribution >= 4 is 29.2 Å². The van der Waals surface area contributed by atoms with Gasteiger partial charge in [0.05, 0.1) is 7.11 Å². The number of ether oxygens (including phenoxy) is 1. The van der Waals surface area contributed by atoms with Gasteiger partial charge in [0.1, 0.15) is 5.75 Å². The molecule has 0 fully saturated rings. The zero-order chi connectivity index (χ0) is 11.0. The first-order valence-electron chi connectivity index (χ1n) is 3.68. The van der Waals surface area contributed by atoms with Crippen molar-refractivity contribution in [1.29, 1.82) is 0 Å². The fraction of sp³-hybridized carbons (Fsp3) is 0.222. The van der Waals surface area contributed by atoms with Crippen molar-refractivity contribution in [2.45, 2.75) is 4.84 Å². The van der Waals surface area contributed by atoms with Crippen molar-refractivity contribution in [2.24, 2.45) is 0 Å². The highest BCUT2D eigenvalue weighted by molar-refractivity contribution is 6.52. The van der Waals surface area contributed by atoms with E-state index < -0.39 is 10.8 Å². The van der Waals surface area contributed by atoms with Crippen molar-refractivity contribution in [3.05, 3.63) is 30.3 Å². The zero-order valence-corrected chi connectivity index (χ0v) is 9.00. The minimum atomic E-state index is -1.29. The van der Waals surface area contributed by atoms with Gasteiger partial charge in [-0.05, 0) is 12.1 Å². The maximum Gasteiger partial charge on any atom is 0.337 e. The molecule has 0 heterocycles. The van der Waals surface area contributed by atoms with E-state index in [4.69, 9.17) is 33.0 Å². The Bertz CT molecular complexity index is 262. The lowest BCUT2D eigenvalue weighted by atomic mass is 10.3. The van der Waals surface area contributed by atoms with Gasteiger partial charge in [0.15, 0.2) is 0 Å². The van der Waals surface area contributed by atoms with Crippen LogP contribution in [0.4, 0.5) is 0 Å². The molecule has 0 aromatic heterocycles. The second-order valence-corrected chi connectivity index (χ2v) is 3.25. The van der Waals surface area contributed by atoms with Gasteiger partial charge in [-0.1, -0.05) is 41.4 Å². The van der Waals surface area contributed by atoms with E-state index in [1.165, 1.54) is 0 Å². The van der Waals surface area contributed by atoms with Gasteiger partial charge < -0.3 is 9.84 Å². The van der Waals surface area contributed by atoms with Crippen molar-refractivity contribution in [3.8, 4) is 5.75 Å². The number of halogens is 2. The highest BCUT2D eigenvalue weighted by Gasteiger charge is 2.05. The monoisotopic (exact) mass is 236 g/mol. The van der Waals surface area contributed by atoms with Crippen LogP contribution in [0.5, 0.6) is 5.75 Å². The van der Waals surface area contributed by atoms with E-state index in [1.54, 1.807) is 7.11 Å². The standard InChI is InChI=1S/C7H8O.C2H2Cl2O2/c1-8-7-5-3-2-4-6-7;3-1(4)2(5)6/h2-6H,1H3;1H,(H,5,6). The van der Waals surface area contributed by atoms with E-state index in [9.17, 15) is 4.79 Å². The maximum atomic E-state index is 9.44. The summed E-state index contributed by atoms with van der Waals surface area (Å²) in [6, 6.07) is 9.68. The fourth-order valence-electron chi connectivity index (χ4n) is 0.557. The van der Waals surface area contributed by atoms with Gasteiger partial charge in [0, 0.05) is 0 Å². The van der Waals surface area contributed by atoms with E-state index >= 15 is 0 Å². The number of aliphatic carboxylic acids is 1. The molecule has 0 bridgehead atoms. The highest BCUT2D eigenvalue weighted by atomic mass is 35.5. The number of methoxy groups -OCH3 is 1. The lowest BCUT2D eigenvalue weighted by molar-refractivity contribution is -0.135. The van der Waals surface area contributed by atoms with Crippen LogP contribution in [-0.2, 0) is 4.79 Å². The number of hydrogen-bond donors (Lipinski definition) is 1. The molecule has 1 N–H and O–H groups in total. The Morgan fingerprint density at radius 3 is 2.00 bits per heavy atom. The first kappa shape index (κ1) is 13.1. The van der Waals surface area contributed by atoms with Crippen molar-refractivity contribution in [1.82, 2.24) is 0 Å². The van der Waals surface area contributed by atoms with Crippen LogP contribution < -0.4 is 4.74 Å². The quantitative estimate of drug-likeness (QED) is 0.804. The Kier molecular flexibility index (Phi) is 6.98. The van der Waals surface area contributed by atoms with Crippen LogP contribution in [0.2, 0.25) is 0 Å². The zero-order valence-electron chi connectivity index (χ0n) is 7.48. The molecule has 0 aliphatic heterocycles. The fourth-order valence-corrected chi connectivity index (χ4v) is 0.557. The predicted molar refractivity (Wildman–Crippen MR) is 56.1 cm³/mol. The summed E-state index contributed by atoms with van der Waals surface area (Å²) in [5.74, 6) is -0.300. The number of carboxylic acid groups (broad SMARTS) is 1. The molecular formula is C9H10Cl2O3. The highest BCUT2D eigenvalue weighted by Crippen LogP contribution is 2.05. The minimum Gasteiger partial charge on any atom is -0.497 e. The molecule has 1 aromatic rings. The van der Waals surface area contributed by atoms with Gasteiger partial charge in [-0.15, -0.1) is 0 Å². The van der Waals surface area contributed by atoms with Crippen LogP contribution in [0, 0.1) is 0 Å². The smallest absolute Gasteiger partial charge is 0.337 e. The number of carbonyl (C=O) groups is 1. The van der Waals surface area contributed by atoms with Crippen LogP contribution in [0.1, 0.15) is 0 Å². The molecule has 0 unspecified atom stereocenters. The molecule has 1 aromatic carbocycles. The molecule has 0 radical (unpaired) electrons. The van der Waals surface area contributed by atoms with E-state index in [0.29, 0.717) is 0 Å². The van der Waals surface area contributed by atoms with Gasteiger partial charge in [-0.2, -0.15) is 0 Å². The maximum absolute atomic E-state index is 9.44. The normalized spacial score (nSPS) is 8.86. The lowest BCUT2D eigenvalue weighted by Gasteiger charge is -1.93. The Hall–Kier alpha value is -0.930. The second-order valence-electron chi connectivity index (χ2n) is 2.16. The molecular weight excluding hydrogens is 227 g/mol. The number of para-hydroxylation sites is 1. The molecule has 0 amide bonds. The Labute approximate surface area is 92.2 Å². The van der Waals surface area contributed by atoms with Crippen LogP contribution in [0.3, 0.4) is 0 Å². The minimum absolute atomic E-state index is 0.910. The van der Waals surface area contributed by atoms with Gasteiger partial charge in [0.2, 0.25) is 4.84 Å². The lowest BCUT2D eigenvalue weighted by Crippen LogP contribution is -2.03. The third-order valence-corrected chi connectivity index (χ3v) is 1.54. The Morgan fingerprint density at radius 1 is 1.36 bits per heavy atom. The number of rotatable bonds is 2. The summed E-state index contributed by atoms with van der Waals surface area (Å²) in [5, 5.41) is 7.73. The molecule has 0 aliphatic rings. The second kappa shape index (κ2) is 7.47. The third kappa shape index (κ3) is 6.57. The molecule has 5 heteroatoms. The van der Waals surface area contributed by atoms with Crippen molar-refractivity contribution in [2.75, 3.05) is 7.11 Å². The predicted octanol–water partition coefficient (Wildman–Crippen LogP) is 2.57. The summed E-state index contributed by atoms with van der Waals surface area (Å²) in [7, 11) is 1.66. The van der Waals surface area contributed by atoms with Crippen molar-refractivity contribution in [3.63, 3.8) is 0 Å². The average molecular weight is 237 g/mol. The summed E-state index contributed by atoms with van der Waals surface area (Å²) < 4.78 is 4.91. The van der Waals surface area contributed by atoms with Crippen LogP contribution in [0.15, 0.2) is 30.3 Å². The summed E-state index contributed by atoms with van der Waals surface area (Å²) in [6.45, 7) is 0. The van der Waals surface area contributed by atoms with E-state index in [-0.39, 0.29) is 0 Å². The Balaban J connectivity index is 0.000000255. The van der Waals surface area contributed by atoms with E-state index in [2.05, 4.69) is 0 Å². The van der Waals surface area contributed by atoms with Gasteiger partial charge in [-0.3, -0.25) is 0 Å². The summed E-state index contributed by atoms with van der Waals surface area (Å²) in [6.07, 6.45) is 0. The van der Waals surface area contributed by atoms with Crippen LogP contribution in [-0.4, -0.2) is 23.0 Å². The first-order valence-corrected chi connectivity index (χ1v) is 4.55. The molecule has 0 aliphatic carbocycles. The summed E-state index contributed by atoms with van der Waals surface area (Å²) >= 11 is 9.56. The summed E-state index contributed by atoms with van der Waals surface area (Å²) in [5.41, 5.74) is 0. The van der Waals surface area contributed by atoms with E-state index in [1.807, 2.05) is 30.3 Å². The van der Waals surface area contributed by atoms with Crippen LogP contribution >= 0.6 is 23.2 Å². The number of alkyl halides is 2.